The summed E-state index contributed by atoms with van der Waals surface area (Å²) in [5.41, 5.74) is 1.97. The predicted molar refractivity (Wildman–Crippen MR) is 118 cm³/mol. The van der Waals surface area contributed by atoms with E-state index in [-0.39, 0.29) is 17.0 Å². The van der Waals surface area contributed by atoms with Crippen LogP contribution in [0, 0.1) is 0 Å². The summed E-state index contributed by atoms with van der Waals surface area (Å²) in [7, 11) is 2.50. The summed E-state index contributed by atoms with van der Waals surface area (Å²) in [5, 5.41) is 3.69. The summed E-state index contributed by atoms with van der Waals surface area (Å²) in [6, 6.07) is 14.9. The lowest BCUT2D eigenvalue weighted by Crippen LogP contribution is -2.33. The van der Waals surface area contributed by atoms with Crippen LogP contribution in [0.3, 0.4) is 0 Å². The maximum absolute atomic E-state index is 13.2. The zero-order valence-corrected chi connectivity index (χ0v) is 17.9. The summed E-state index contributed by atoms with van der Waals surface area (Å²) in [6.45, 7) is 0. The number of nitrogens with zero attached hydrogens (tertiary/aromatic N) is 2. The molecule has 2 aromatic carbocycles. The molecule has 3 aromatic rings. The van der Waals surface area contributed by atoms with Crippen molar-refractivity contribution in [1.82, 2.24) is 4.98 Å². The normalized spacial score (nSPS) is 14.7. The van der Waals surface area contributed by atoms with E-state index in [4.69, 9.17) is 21.1 Å². The van der Waals surface area contributed by atoms with Gasteiger partial charge in [-0.15, -0.1) is 0 Å². The van der Waals surface area contributed by atoms with Crippen LogP contribution in [0.1, 0.15) is 42.8 Å². The number of ether oxygens (including phenoxy) is 2. The fraction of sp³-hybridized carbons (Fsp3) is 0.130. The van der Waals surface area contributed by atoms with E-state index >= 15 is 0 Å². The molecule has 162 valence electrons. The number of methoxy groups -OCH3 is 2. The zero-order valence-electron chi connectivity index (χ0n) is 17.2. The second-order valence-electron chi connectivity index (χ2n) is 6.93. The summed E-state index contributed by atoms with van der Waals surface area (Å²) in [6.07, 6.45) is 0.808. The third-order valence-corrected chi connectivity index (χ3v) is 5.22. The molecule has 0 bridgehead atoms. The van der Waals surface area contributed by atoms with Gasteiger partial charge in [0.2, 0.25) is 0 Å². The van der Waals surface area contributed by atoms with Crippen LogP contribution in [0.4, 0.5) is 11.5 Å². The van der Waals surface area contributed by atoms with E-state index in [1.165, 1.54) is 43.5 Å². The van der Waals surface area contributed by atoms with Crippen LogP contribution in [-0.4, -0.2) is 37.0 Å². The van der Waals surface area contributed by atoms with Gasteiger partial charge in [-0.3, -0.25) is 9.69 Å². The Bertz CT molecular complexity index is 1180. The molecule has 0 saturated heterocycles. The van der Waals surface area contributed by atoms with Crippen LogP contribution in [-0.2, 0) is 9.47 Å². The van der Waals surface area contributed by atoms with E-state index in [2.05, 4.69) is 10.3 Å². The third kappa shape index (κ3) is 3.88. The second-order valence-corrected chi connectivity index (χ2v) is 7.36. The van der Waals surface area contributed by atoms with Gasteiger partial charge in [0.1, 0.15) is 12.0 Å². The van der Waals surface area contributed by atoms with Crippen molar-refractivity contribution >= 4 is 41.0 Å². The van der Waals surface area contributed by atoms with Crippen LogP contribution in [0.5, 0.6) is 0 Å². The Hall–Kier alpha value is -3.91. The van der Waals surface area contributed by atoms with Crippen LogP contribution < -0.4 is 10.2 Å². The quantitative estimate of drug-likeness (QED) is 0.583. The fourth-order valence-electron chi connectivity index (χ4n) is 3.55. The largest absolute Gasteiger partial charge is 0.465 e. The number of carbonyl (C=O) groups is 3. The van der Waals surface area contributed by atoms with Crippen molar-refractivity contribution in [3.8, 4) is 0 Å². The van der Waals surface area contributed by atoms with Gasteiger partial charge in [0.25, 0.3) is 5.91 Å². The standard InChI is InChI=1S/C23H18ClN3O5/c1-31-22(29)13-9-14(23(30)32-2)11-16(10-13)26-20-17-5-3-4-6-18(17)21(28)27(20)19-8-7-15(24)12-25-19/h3-12,20,26H,1-2H3/t20-/m0/s1. The lowest BCUT2D eigenvalue weighted by Gasteiger charge is -2.26. The minimum atomic E-state index is -0.647. The molecule has 0 fully saturated rings. The van der Waals surface area contributed by atoms with E-state index in [1.54, 1.807) is 24.3 Å². The average Bonchev–Trinajstić information content (AvgIpc) is 3.10. The van der Waals surface area contributed by atoms with Crippen molar-refractivity contribution in [2.45, 2.75) is 6.17 Å². The molecule has 0 unspecified atom stereocenters. The Balaban J connectivity index is 1.80. The summed E-state index contributed by atoms with van der Waals surface area (Å²) < 4.78 is 9.60. The molecular weight excluding hydrogens is 434 g/mol. The monoisotopic (exact) mass is 451 g/mol. The van der Waals surface area contributed by atoms with Gasteiger partial charge < -0.3 is 14.8 Å². The number of hydrogen-bond acceptors (Lipinski definition) is 7. The maximum Gasteiger partial charge on any atom is 0.337 e. The SMILES string of the molecule is COC(=O)c1cc(N[C@@H]2c3ccccc3C(=O)N2c2ccc(Cl)cn2)cc(C(=O)OC)c1. The number of aromatic nitrogens is 1. The summed E-state index contributed by atoms with van der Waals surface area (Å²) in [4.78, 5) is 43.3. The number of rotatable bonds is 5. The topological polar surface area (TPSA) is 97.8 Å². The number of fused-ring (bicyclic) bond motifs is 1. The number of carbonyl (C=O) groups excluding carboxylic acids is 3. The van der Waals surface area contributed by atoms with Crippen LogP contribution in [0.15, 0.2) is 60.8 Å². The van der Waals surface area contributed by atoms with Gasteiger partial charge in [0.05, 0.1) is 30.4 Å². The molecule has 0 saturated carbocycles. The first kappa shape index (κ1) is 21.3. The van der Waals surface area contributed by atoms with Crippen molar-refractivity contribution < 1.29 is 23.9 Å². The van der Waals surface area contributed by atoms with Gasteiger partial charge in [0.15, 0.2) is 0 Å². The van der Waals surface area contributed by atoms with Crippen molar-refractivity contribution in [2.24, 2.45) is 0 Å². The van der Waals surface area contributed by atoms with Crippen molar-refractivity contribution in [1.29, 1.82) is 0 Å². The van der Waals surface area contributed by atoms with E-state index in [1.807, 2.05) is 12.1 Å². The Morgan fingerprint density at radius 3 is 2.25 bits per heavy atom. The van der Waals surface area contributed by atoms with Crippen molar-refractivity contribution in [3.63, 3.8) is 0 Å². The Morgan fingerprint density at radius 2 is 1.66 bits per heavy atom. The minimum Gasteiger partial charge on any atom is -0.465 e. The fourth-order valence-corrected chi connectivity index (χ4v) is 3.66. The number of halogens is 1. The average molecular weight is 452 g/mol. The first-order valence-corrected chi connectivity index (χ1v) is 9.93. The number of nitrogens with one attached hydrogen (secondary N) is 1. The molecule has 9 heteroatoms. The molecule has 1 aliphatic rings. The number of hydrogen-bond donors (Lipinski definition) is 1. The Kier molecular flexibility index (Phi) is 5.79. The number of pyridine rings is 1. The molecule has 4 rings (SSSR count). The molecule has 1 atom stereocenters. The molecular formula is C23H18ClN3O5. The van der Waals surface area contributed by atoms with Crippen LogP contribution >= 0.6 is 11.6 Å². The van der Waals surface area contributed by atoms with Gasteiger partial charge in [0, 0.05) is 23.0 Å². The highest BCUT2D eigenvalue weighted by Crippen LogP contribution is 2.37. The van der Waals surface area contributed by atoms with Gasteiger partial charge in [-0.25, -0.2) is 14.6 Å². The first-order chi connectivity index (χ1) is 15.4. The van der Waals surface area contributed by atoms with E-state index in [9.17, 15) is 14.4 Å². The number of benzene rings is 2. The predicted octanol–water partition coefficient (Wildman–Crippen LogP) is 4.08. The number of anilines is 2. The molecule has 8 nitrogen and oxygen atoms in total. The van der Waals surface area contributed by atoms with Gasteiger partial charge >= 0.3 is 11.9 Å². The summed E-state index contributed by atoms with van der Waals surface area (Å²) >= 11 is 5.96. The molecule has 0 spiro atoms. The number of amides is 1. The highest BCUT2D eigenvalue weighted by atomic mass is 35.5. The Labute approximate surface area is 188 Å². The minimum absolute atomic E-state index is 0.159. The van der Waals surface area contributed by atoms with E-state index < -0.39 is 18.1 Å². The van der Waals surface area contributed by atoms with Crippen molar-refractivity contribution in [3.05, 3.63) is 88.1 Å². The Morgan fingerprint density at radius 1 is 1.00 bits per heavy atom. The molecule has 1 aliphatic heterocycles. The zero-order chi connectivity index (χ0) is 22.8. The molecule has 1 N–H and O–H groups in total. The molecule has 2 heterocycles. The second kappa shape index (κ2) is 8.68. The van der Waals surface area contributed by atoms with Gasteiger partial charge in [-0.1, -0.05) is 29.8 Å². The summed E-state index contributed by atoms with van der Waals surface area (Å²) in [5.74, 6) is -1.08. The molecule has 1 amide bonds. The highest BCUT2D eigenvalue weighted by molar-refractivity contribution is 6.30. The lowest BCUT2D eigenvalue weighted by molar-refractivity contribution is 0.0599. The van der Waals surface area contributed by atoms with Gasteiger partial charge in [-0.2, -0.15) is 0 Å². The van der Waals surface area contributed by atoms with Crippen molar-refractivity contribution in [2.75, 3.05) is 24.4 Å². The molecule has 0 radical (unpaired) electrons. The maximum atomic E-state index is 13.2. The number of esters is 2. The molecule has 0 aliphatic carbocycles. The van der Waals surface area contributed by atoms with Gasteiger partial charge in [-0.05, 0) is 36.4 Å². The van der Waals surface area contributed by atoms with Crippen LogP contribution in [0.2, 0.25) is 5.02 Å². The highest BCUT2D eigenvalue weighted by Gasteiger charge is 2.38. The molecule has 32 heavy (non-hydrogen) atoms. The van der Waals surface area contributed by atoms with E-state index in [0.717, 1.165) is 5.56 Å². The lowest BCUT2D eigenvalue weighted by atomic mass is 10.1. The molecule has 1 aromatic heterocycles. The van der Waals surface area contributed by atoms with E-state index in [0.29, 0.717) is 22.1 Å². The first-order valence-electron chi connectivity index (χ1n) is 9.55. The smallest absolute Gasteiger partial charge is 0.337 e. The third-order valence-electron chi connectivity index (χ3n) is 5.00. The van der Waals surface area contributed by atoms with Crippen LogP contribution in [0.25, 0.3) is 0 Å².